The summed E-state index contributed by atoms with van der Waals surface area (Å²) in [6.07, 6.45) is 0. The second-order valence-corrected chi connectivity index (χ2v) is 5.66. The van der Waals surface area contributed by atoms with Crippen LogP contribution in [-0.2, 0) is 0 Å². The van der Waals surface area contributed by atoms with E-state index >= 15 is 0 Å². The van der Waals surface area contributed by atoms with Crippen LogP contribution < -0.4 is 10.2 Å². The maximum atomic E-state index is 4.97. The SMILES string of the molecule is c1ccc(-c2cc3ccccc3nc2N2CCNCC2)cc1. The molecule has 0 radical (unpaired) electrons. The van der Waals surface area contributed by atoms with E-state index in [-0.39, 0.29) is 0 Å². The molecule has 1 fully saturated rings. The summed E-state index contributed by atoms with van der Waals surface area (Å²) >= 11 is 0. The van der Waals surface area contributed by atoms with E-state index in [1.165, 1.54) is 16.5 Å². The van der Waals surface area contributed by atoms with Crippen molar-refractivity contribution >= 4 is 16.7 Å². The van der Waals surface area contributed by atoms with Crippen LogP contribution in [0.15, 0.2) is 60.7 Å². The first kappa shape index (κ1) is 13.3. The van der Waals surface area contributed by atoms with Crippen molar-refractivity contribution in [2.24, 2.45) is 0 Å². The Labute approximate surface area is 130 Å². The van der Waals surface area contributed by atoms with Crippen LogP contribution in [0.4, 0.5) is 5.82 Å². The van der Waals surface area contributed by atoms with Gasteiger partial charge in [-0.25, -0.2) is 4.98 Å². The lowest BCUT2D eigenvalue weighted by atomic mass is 10.0. The van der Waals surface area contributed by atoms with E-state index in [9.17, 15) is 0 Å². The monoisotopic (exact) mass is 289 g/mol. The van der Waals surface area contributed by atoms with Crippen molar-refractivity contribution in [3.05, 3.63) is 60.7 Å². The van der Waals surface area contributed by atoms with E-state index in [2.05, 4.69) is 70.9 Å². The number of nitrogens with zero attached hydrogens (tertiary/aromatic N) is 2. The highest BCUT2D eigenvalue weighted by Crippen LogP contribution is 2.32. The summed E-state index contributed by atoms with van der Waals surface area (Å²) in [5.41, 5.74) is 3.52. The van der Waals surface area contributed by atoms with Gasteiger partial charge in [-0.05, 0) is 17.7 Å². The van der Waals surface area contributed by atoms with Crippen molar-refractivity contribution in [2.75, 3.05) is 31.1 Å². The molecule has 3 nitrogen and oxygen atoms in total. The Morgan fingerprint density at radius 2 is 1.59 bits per heavy atom. The zero-order valence-electron chi connectivity index (χ0n) is 12.5. The average molecular weight is 289 g/mol. The summed E-state index contributed by atoms with van der Waals surface area (Å²) in [4.78, 5) is 7.37. The van der Waals surface area contributed by atoms with Crippen LogP contribution in [0.1, 0.15) is 0 Å². The first-order chi connectivity index (χ1) is 10.9. The molecule has 1 aliphatic heterocycles. The van der Waals surface area contributed by atoms with Crippen LogP contribution in [0.3, 0.4) is 0 Å². The van der Waals surface area contributed by atoms with Crippen molar-refractivity contribution in [3.8, 4) is 11.1 Å². The van der Waals surface area contributed by atoms with E-state index in [1.807, 2.05) is 0 Å². The number of pyridine rings is 1. The molecule has 0 unspecified atom stereocenters. The third kappa shape index (κ3) is 2.44. The number of aromatic nitrogens is 1. The first-order valence-corrected chi connectivity index (χ1v) is 7.83. The van der Waals surface area contributed by atoms with E-state index in [0.717, 1.165) is 37.5 Å². The number of rotatable bonds is 2. The molecule has 1 saturated heterocycles. The molecule has 22 heavy (non-hydrogen) atoms. The molecule has 1 aliphatic rings. The van der Waals surface area contributed by atoms with Crippen molar-refractivity contribution in [1.82, 2.24) is 10.3 Å². The van der Waals surface area contributed by atoms with Crippen LogP contribution in [0, 0.1) is 0 Å². The van der Waals surface area contributed by atoms with Crippen LogP contribution in [0.5, 0.6) is 0 Å². The Bertz CT molecular complexity index is 777. The van der Waals surface area contributed by atoms with Crippen LogP contribution in [0.25, 0.3) is 22.0 Å². The minimum Gasteiger partial charge on any atom is -0.354 e. The summed E-state index contributed by atoms with van der Waals surface area (Å²) in [6.45, 7) is 4.04. The molecular formula is C19H19N3. The molecule has 0 atom stereocenters. The lowest BCUT2D eigenvalue weighted by Gasteiger charge is -2.30. The van der Waals surface area contributed by atoms with Crippen LogP contribution >= 0.6 is 0 Å². The van der Waals surface area contributed by atoms with E-state index in [1.54, 1.807) is 0 Å². The third-order valence-electron chi connectivity index (χ3n) is 4.21. The maximum Gasteiger partial charge on any atom is 0.137 e. The molecular weight excluding hydrogens is 270 g/mol. The van der Waals surface area contributed by atoms with Crippen molar-refractivity contribution in [2.45, 2.75) is 0 Å². The predicted molar refractivity (Wildman–Crippen MR) is 92.3 cm³/mol. The number of para-hydroxylation sites is 1. The van der Waals surface area contributed by atoms with Crippen LogP contribution in [-0.4, -0.2) is 31.2 Å². The standard InChI is InChI=1S/C19H19N3/c1-2-6-15(7-3-1)17-14-16-8-4-5-9-18(16)21-19(17)22-12-10-20-11-13-22/h1-9,14,20H,10-13H2. The number of hydrogen-bond donors (Lipinski definition) is 1. The molecule has 0 saturated carbocycles. The number of benzene rings is 2. The minimum absolute atomic E-state index is 1.01. The van der Waals surface area contributed by atoms with Gasteiger partial charge in [0.25, 0.3) is 0 Å². The van der Waals surface area contributed by atoms with Crippen LogP contribution in [0.2, 0.25) is 0 Å². The largest absolute Gasteiger partial charge is 0.354 e. The first-order valence-electron chi connectivity index (χ1n) is 7.83. The second-order valence-electron chi connectivity index (χ2n) is 5.66. The Hall–Kier alpha value is -2.39. The number of nitrogens with one attached hydrogen (secondary N) is 1. The zero-order valence-corrected chi connectivity index (χ0v) is 12.5. The summed E-state index contributed by atoms with van der Waals surface area (Å²) in [7, 11) is 0. The van der Waals surface area contributed by atoms with E-state index in [0.29, 0.717) is 0 Å². The molecule has 3 aromatic rings. The van der Waals surface area contributed by atoms with Gasteiger partial charge in [-0.3, -0.25) is 0 Å². The molecule has 2 aromatic carbocycles. The summed E-state index contributed by atoms with van der Waals surface area (Å²) < 4.78 is 0. The molecule has 0 bridgehead atoms. The fourth-order valence-corrected chi connectivity index (χ4v) is 3.05. The van der Waals surface area contributed by atoms with Gasteiger partial charge in [0.15, 0.2) is 0 Å². The van der Waals surface area contributed by atoms with Gasteiger partial charge in [0, 0.05) is 37.1 Å². The predicted octanol–water partition coefficient (Wildman–Crippen LogP) is 3.31. The molecule has 0 aliphatic carbocycles. The van der Waals surface area contributed by atoms with Crippen molar-refractivity contribution in [1.29, 1.82) is 0 Å². The van der Waals surface area contributed by atoms with Gasteiger partial charge in [-0.15, -0.1) is 0 Å². The Balaban J connectivity index is 1.91. The molecule has 3 heteroatoms. The molecule has 1 N–H and O–H groups in total. The smallest absolute Gasteiger partial charge is 0.137 e. The van der Waals surface area contributed by atoms with Gasteiger partial charge in [0.1, 0.15) is 5.82 Å². The van der Waals surface area contributed by atoms with E-state index in [4.69, 9.17) is 4.98 Å². The van der Waals surface area contributed by atoms with Gasteiger partial charge < -0.3 is 10.2 Å². The number of hydrogen-bond acceptors (Lipinski definition) is 3. The molecule has 2 heterocycles. The number of piperazine rings is 1. The van der Waals surface area contributed by atoms with Gasteiger partial charge in [0.05, 0.1) is 5.52 Å². The lowest BCUT2D eigenvalue weighted by Crippen LogP contribution is -2.44. The quantitative estimate of drug-likeness (QED) is 0.784. The fourth-order valence-electron chi connectivity index (χ4n) is 3.05. The zero-order chi connectivity index (χ0) is 14.8. The fraction of sp³-hybridized carbons (Fsp3) is 0.211. The topological polar surface area (TPSA) is 28.2 Å². The summed E-state index contributed by atoms with van der Waals surface area (Å²) in [5, 5.41) is 4.61. The van der Waals surface area contributed by atoms with Gasteiger partial charge in [0.2, 0.25) is 0 Å². The molecule has 110 valence electrons. The maximum absolute atomic E-state index is 4.97. The molecule has 4 rings (SSSR count). The Morgan fingerprint density at radius 3 is 2.41 bits per heavy atom. The number of fused-ring (bicyclic) bond motifs is 1. The lowest BCUT2D eigenvalue weighted by molar-refractivity contribution is 0.586. The van der Waals surface area contributed by atoms with Gasteiger partial charge >= 0.3 is 0 Å². The normalized spacial score (nSPS) is 15.2. The van der Waals surface area contributed by atoms with Gasteiger partial charge in [-0.1, -0.05) is 48.5 Å². The Morgan fingerprint density at radius 1 is 0.864 bits per heavy atom. The highest BCUT2D eigenvalue weighted by atomic mass is 15.2. The van der Waals surface area contributed by atoms with Crippen molar-refractivity contribution in [3.63, 3.8) is 0 Å². The Kier molecular flexibility index (Phi) is 3.49. The average Bonchev–Trinajstić information content (AvgIpc) is 2.62. The van der Waals surface area contributed by atoms with E-state index < -0.39 is 0 Å². The molecule has 0 spiro atoms. The minimum atomic E-state index is 1.01. The highest BCUT2D eigenvalue weighted by molar-refractivity contribution is 5.89. The summed E-state index contributed by atoms with van der Waals surface area (Å²) in [5.74, 6) is 1.10. The highest BCUT2D eigenvalue weighted by Gasteiger charge is 2.17. The third-order valence-corrected chi connectivity index (χ3v) is 4.21. The second kappa shape index (κ2) is 5.78. The van der Waals surface area contributed by atoms with Gasteiger partial charge in [-0.2, -0.15) is 0 Å². The summed E-state index contributed by atoms with van der Waals surface area (Å²) in [6, 6.07) is 21.2. The molecule has 1 aromatic heterocycles. The van der Waals surface area contributed by atoms with Crippen molar-refractivity contribution < 1.29 is 0 Å². The number of anilines is 1. The molecule has 0 amide bonds.